The quantitative estimate of drug-likeness (QED) is 0.905. The molecule has 0 radical (unpaired) electrons. The monoisotopic (exact) mass is 323 g/mol. The number of rotatable bonds is 5. The van der Waals surface area contributed by atoms with Gasteiger partial charge >= 0.3 is 0 Å². The molecular formula is C16H25N3O2S. The van der Waals surface area contributed by atoms with Gasteiger partial charge in [0.05, 0.1) is 5.69 Å². The van der Waals surface area contributed by atoms with Gasteiger partial charge in [0.15, 0.2) is 5.13 Å². The van der Waals surface area contributed by atoms with Gasteiger partial charge in [0.1, 0.15) is 6.54 Å². The number of amides is 2. The molecule has 6 heteroatoms. The van der Waals surface area contributed by atoms with E-state index in [0.29, 0.717) is 5.13 Å². The topological polar surface area (TPSA) is 62.3 Å². The number of hydrogen-bond acceptors (Lipinski definition) is 4. The minimum absolute atomic E-state index is 0.0265. The van der Waals surface area contributed by atoms with Crippen LogP contribution in [0.25, 0.3) is 0 Å². The van der Waals surface area contributed by atoms with Crippen LogP contribution in [-0.4, -0.2) is 34.3 Å². The zero-order valence-corrected chi connectivity index (χ0v) is 14.6. The number of hydrogen-bond donors (Lipinski definition) is 1. The molecule has 1 aromatic heterocycles. The lowest BCUT2D eigenvalue weighted by atomic mass is 10.1. The maximum atomic E-state index is 12.6. The Bertz CT molecular complexity index is 528. The van der Waals surface area contributed by atoms with E-state index in [4.69, 9.17) is 0 Å². The Morgan fingerprint density at radius 2 is 1.95 bits per heavy atom. The van der Waals surface area contributed by atoms with Gasteiger partial charge in [0.2, 0.25) is 11.8 Å². The molecule has 0 unspecified atom stereocenters. The number of carbonyl (C=O) groups is 2. The van der Waals surface area contributed by atoms with Crippen LogP contribution >= 0.6 is 11.3 Å². The number of carbonyl (C=O) groups excluding carboxylic acids is 2. The van der Waals surface area contributed by atoms with Gasteiger partial charge in [-0.2, -0.15) is 0 Å². The largest absolute Gasteiger partial charge is 0.331 e. The van der Waals surface area contributed by atoms with E-state index in [1.165, 1.54) is 11.3 Å². The lowest BCUT2D eigenvalue weighted by molar-refractivity contribution is -0.140. The van der Waals surface area contributed by atoms with Crippen molar-refractivity contribution < 1.29 is 9.59 Å². The normalized spacial score (nSPS) is 15.3. The highest BCUT2D eigenvalue weighted by molar-refractivity contribution is 7.15. The van der Waals surface area contributed by atoms with E-state index >= 15 is 0 Å². The van der Waals surface area contributed by atoms with E-state index in [2.05, 4.69) is 10.3 Å². The summed E-state index contributed by atoms with van der Waals surface area (Å²) in [5, 5.41) is 3.42. The second kappa shape index (κ2) is 7.22. The molecule has 0 bridgehead atoms. The Morgan fingerprint density at radius 1 is 1.32 bits per heavy atom. The standard InChI is InChI=1S/C16H25N3O2S/c1-10(2)19(15(21)13-7-5-6-8-13)9-14(20)18-16-17-11(3)12(4)22-16/h10,13H,5-9H2,1-4H3,(H,17,18,20). The molecule has 0 aliphatic heterocycles. The molecule has 1 N–H and O–H groups in total. The van der Waals surface area contributed by atoms with Crippen molar-refractivity contribution in [2.75, 3.05) is 11.9 Å². The molecule has 0 spiro atoms. The van der Waals surface area contributed by atoms with Gasteiger partial charge in [-0.25, -0.2) is 4.98 Å². The lowest BCUT2D eigenvalue weighted by Crippen LogP contribution is -2.44. The summed E-state index contributed by atoms with van der Waals surface area (Å²) >= 11 is 1.47. The Kier molecular flexibility index (Phi) is 5.56. The van der Waals surface area contributed by atoms with Gasteiger partial charge in [-0.05, 0) is 40.5 Å². The first-order chi connectivity index (χ1) is 10.4. The average molecular weight is 323 g/mol. The van der Waals surface area contributed by atoms with E-state index in [1.54, 1.807) is 4.90 Å². The van der Waals surface area contributed by atoms with E-state index in [1.807, 2.05) is 27.7 Å². The summed E-state index contributed by atoms with van der Waals surface area (Å²) < 4.78 is 0. The third-order valence-corrected chi connectivity index (χ3v) is 5.19. The second-order valence-electron chi connectivity index (χ2n) is 6.25. The third-order valence-electron chi connectivity index (χ3n) is 4.20. The van der Waals surface area contributed by atoms with Gasteiger partial charge in [-0.1, -0.05) is 12.8 Å². The van der Waals surface area contributed by atoms with Crippen molar-refractivity contribution in [1.29, 1.82) is 0 Å². The molecule has 1 fully saturated rings. The highest BCUT2D eigenvalue weighted by atomic mass is 32.1. The summed E-state index contributed by atoms with van der Waals surface area (Å²) in [6, 6.07) is 0.0265. The molecule has 0 aromatic carbocycles. The zero-order chi connectivity index (χ0) is 16.3. The number of aryl methyl sites for hydroxylation is 2. The van der Waals surface area contributed by atoms with Crippen molar-refractivity contribution in [2.45, 2.75) is 59.4 Å². The molecule has 5 nitrogen and oxygen atoms in total. The fourth-order valence-corrected chi connectivity index (χ4v) is 3.59. The van der Waals surface area contributed by atoms with Crippen LogP contribution in [0.1, 0.15) is 50.1 Å². The molecular weight excluding hydrogens is 298 g/mol. The molecule has 1 aromatic rings. The Hall–Kier alpha value is -1.43. The van der Waals surface area contributed by atoms with Crippen LogP contribution in [0.3, 0.4) is 0 Å². The summed E-state index contributed by atoms with van der Waals surface area (Å²) in [6.07, 6.45) is 4.14. The van der Waals surface area contributed by atoms with Crippen LogP contribution < -0.4 is 5.32 Å². The highest BCUT2D eigenvalue weighted by Crippen LogP contribution is 2.27. The summed E-state index contributed by atoms with van der Waals surface area (Å²) in [6.45, 7) is 7.92. The fraction of sp³-hybridized carbons (Fsp3) is 0.688. The first kappa shape index (κ1) is 16.9. The van der Waals surface area contributed by atoms with Crippen LogP contribution in [-0.2, 0) is 9.59 Å². The minimum atomic E-state index is -0.172. The first-order valence-corrected chi connectivity index (χ1v) is 8.74. The summed E-state index contributed by atoms with van der Waals surface area (Å²) in [4.78, 5) is 31.9. The molecule has 122 valence electrons. The first-order valence-electron chi connectivity index (χ1n) is 7.93. The van der Waals surface area contributed by atoms with Crippen LogP contribution in [0.5, 0.6) is 0 Å². The smallest absolute Gasteiger partial charge is 0.245 e. The van der Waals surface area contributed by atoms with Gasteiger partial charge in [-0.15, -0.1) is 11.3 Å². The van der Waals surface area contributed by atoms with Crippen LogP contribution in [0.4, 0.5) is 5.13 Å². The van der Waals surface area contributed by atoms with Crippen molar-refractivity contribution in [2.24, 2.45) is 5.92 Å². The van der Waals surface area contributed by atoms with Gasteiger partial charge in [0, 0.05) is 16.8 Å². The molecule has 0 saturated heterocycles. The average Bonchev–Trinajstić information content (AvgIpc) is 3.06. The number of aromatic nitrogens is 1. The maximum absolute atomic E-state index is 12.6. The SMILES string of the molecule is Cc1nc(NC(=O)CN(C(=O)C2CCCC2)C(C)C)sc1C. The summed E-state index contributed by atoms with van der Waals surface area (Å²) in [7, 11) is 0. The van der Waals surface area contributed by atoms with E-state index < -0.39 is 0 Å². The van der Waals surface area contributed by atoms with Gasteiger partial charge in [0.25, 0.3) is 0 Å². The van der Waals surface area contributed by atoms with E-state index in [-0.39, 0.29) is 30.3 Å². The Balaban J connectivity index is 1.97. The summed E-state index contributed by atoms with van der Waals surface area (Å²) in [5.74, 6) is 0.0440. The van der Waals surface area contributed by atoms with Crippen molar-refractivity contribution in [1.82, 2.24) is 9.88 Å². The predicted molar refractivity (Wildman–Crippen MR) is 89.0 cm³/mol. The minimum Gasteiger partial charge on any atom is -0.331 e. The van der Waals surface area contributed by atoms with Crippen LogP contribution in [0, 0.1) is 19.8 Å². The van der Waals surface area contributed by atoms with Crippen LogP contribution in [0.15, 0.2) is 0 Å². The zero-order valence-electron chi connectivity index (χ0n) is 13.8. The molecule has 1 saturated carbocycles. The molecule has 2 amide bonds. The maximum Gasteiger partial charge on any atom is 0.245 e. The Morgan fingerprint density at radius 3 is 2.45 bits per heavy atom. The molecule has 1 aliphatic carbocycles. The number of nitrogens with zero attached hydrogens (tertiary/aromatic N) is 2. The molecule has 22 heavy (non-hydrogen) atoms. The van der Waals surface area contributed by atoms with Crippen molar-refractivity contribution in [3.05, 3.63) is 10.6 Å². The second-order valence-corrected chi connectivity index (χ2v) is 7.45. The molecule has 0 atom stereocenters. The molecule has 1 heterocycles. The number of anilines is 1. The van der Waals surface area contributed by atoms with Gasteiger partial charge < -0.3 is 10.2 Å². The van der Waals surface area contributed by atoms with Crippen molar-refractivity contribution in [3.8, 4) is 0 Å². The number of thiazole rings is 1. The Labute approximate surface area is 136 Å². The van der Waals surface area contributed by atoms with Gasteiger partial charge in [-0.3, -0.25) is 9.59 Å². The summed E-state index contributed by atoms with van der Waals surface area (Å²) in [5.41, 5.74) is 0.933. The fourth-order valence-electron chi connectivity index (χ4n) is 2.76. The van der Waals surface area contributed by atoms with Crippen LogP contribution in [0.2, 0.25) is 0 Å². The molecule has 2 rings (SSSR count). The third kappa shape index (κ3) is 4.06. The molecule has 1 aliphatic rings. The van der Waals surface area contributed by atoms with E-state index in [9.17, 15) is 9.59 Å². The highest BCUT2D eigenvalue weighted by Gasteiger charge is 2.29. The predicted octanol–water partition coefficient (Wildman–Crippen LogP) is 3.13. The van der Waals surface area contributed by atoms with Crippen molar-refractivity contribution >= 4 is 28.3 Å². The lowest BCUT2D eigenvalue weighted by Gasteiger charge is -2.28. The number of nitrogens with one attached hydrogen (secondary N) is 1. The van der Waals surface area contributed by atoms with Crippen molar-refractivity contribution in [3.63, 3.8) is 0 Å². The van der Waals surface area contributed by atoms with E-state index in [0.717, 1.165) is 36.3 Å².